The number of anilines is 1. The van der Waals surface area contributed by atoms with Crippen LogP contribution in [0.1, 0.15) is 20.3 Å². The van der Waals surface area contributed by atoms with Gasteiger partial charge in [0.05, 0.1) is 13.3 Å². The van der Waals surface area contributed by atoms with Crippen molar-refractivity contribution in [2.24, 2.45) is 13.0 Å². The van der Waals surface area contributed by atoms with Crippen LogP contribution in [-0.2, 0) is 7.05 Å². The number of rotatable bonds is 5. The van der Waals surface area contributed by atoms with Gasteiger partial charge in [-0.1, -0.05) is 13.8 Å². The maximum atomic E-state index is 5.65. The molecule has 2 heterocycles. The lowest BCUT2D eigenvalue weighted by atomic mass is 10.0. The molecule has 130 valence electrons. The Morgan fingerprint density at radius 1 is 1.38 bits per heavy atom. The number of aryl methyl sites for hydroxylation is 1. The van der Waals surface area contributed by atoms with Crippen molar-refractivity contribution in [2.75, 3.05) is 31.6 Å². The number of aromatic nitrogens is 2. The fourth-order valence-electron chi connectivity index (χ4n) is 3.46. The van der Waals surface area contributed by atoms with Gasteiger partial charge in [0.25, 0.3) is 0 Å². The summed E-state index contributed by atoms with van der Waals surface area (Å²) in [5, 5.41) is 7.90. The zero-order valence-electron chi connectivity index (χ0n) is 15.1. The molecule has 0 saturated carbocycles. The number of piperazine rings is 1. The quantitative estimate of drug-likeness (QED) is 0.916. The second-order valence-electron chi connectivity index (χ2n) is 7.01. The summed E-state index contributed by atoms with van der Waals surface area (Å²) >= 11 is 0. The van der Waals surface area contributed by atoms with Gasteiger partial charge in [0.2, 0.25) is 0 Å². The molecule has 0 spiro atoms. The predicted octanol–water partition coefficient (Wildman–Crippen LogP) is 2.92. The van der Waals surface area contributed by atoms with E-state index < -0.39 is 0 Å². The van der Waals surface area contributed by atoms with Crippen LogP contribution in [0.25, 0.3) is 11.1 Å². The molecule has 0 bridgehead atoms. The monoisotopic (exact) mass is 328 g/mol. The lowest BCUT2D eigenvalue weighted by Crippen LogP contribution is -2.51. The molecule has 0 radical (unpaired) electrons. The molecular weight excluding hydrogens is 300 g/mol. The standard InChI is InChI=1S/C19H28N4O/c1-14(2)9-16-13-23(8-7-20-16)17-5-6-18(19(10-17)24-4)15-11-21-22(3)12-15/h5-6,10-12,14,16,20H,7-9,13H2,1-4H3. The van der Waals surface area contributed by atoms with Crippen molar-refractivity contribution in [1.82, 2.24) is 15.1 Å². The summed E-state index contributed by atoms with van der Waals surface area (Å²) in [7, 11) is 3.66. The largest absolute Gasteiger partial charge is 0.496 e. The molecular formula is C19H28N4O. The van der Waals surface area contributed by atoms with E-state index in [0.29, 0.717) is 12.0 Å². The number of hydrogen-bond donors (Lipinski definition) is 1. The molecule has 1 aromatic heterocycles. The molecule has 5 nitrogen and oxygen atoms in total. The summed E-state index contributed by atoms with van der Waals surface area (Å²) in [5.74, 6) is 1.62. The first-order chi connectivity index (χ1) is 11.6. The number of nitrogens with zero attached hydrogens (tertiary/aromatic N) is 3. The lowest BCUT2D eigenvalue weighted by molar-refractivity contribution is 0.387. The molecule has 5 heteroatoms. The Hall–Kier alpha value is -2.01. The minimum Gasteiger partial charge on any atom is -0.496 e. The highest BCUT2D eigenvalue weighted by molar-refractivity contribution is 5.73. The average molecular weight is 328 g/mol. The van der Waals surface area contributed by atoms with E-state index in [4.69, 9.17) is 4.74 Å². The number of hydrogen-bond acceptors (Lipinski definition) is 4. The zero-order chi connectivity index (χ0) is 17.1. The first-order valence-corrected chi connectivity index (χ1v) is 8.72. The van der Waals surface area contributed by atoms with Crippen molar-refractivity contribution in [2.45, 2.75) is 26.3 Å². The molecule has 1 saturated heterocycles. The Kier molecular flexibility index (Phi) is 5.09. The van der Waals surface area contributed by atoms with Crippen molar-refractivity contribution in [1.29, 1.82) is 0 Å². The molecule has 1 aliphatic heterocycles. The second-order valence-corrected chi connectivity index (χ2v) is 7.01. The van der Waals surface area contributed by atoms with Gasteiger partial charge in [0.15, 0.2) is 0 Å². The Labute approximate surface area is 144 Å². The van der Waals surface area contributed by atoms with Crippen molar-refractivity contribution < 1.29 is 4.74 Å². The topological polar surface area (TPSA) is 42.3 Å². The summed E-state index contributed by atoms with van der Waals surface area (Å²) in [6.45, 7) is 7.68. The van der Waals surface area contributed by atoms with Crippen LogP contribution in [-0.4, -0.2) is 42.6 Å². The van der Waals surface area contributed by atoms with E-state index in [2.05, 4.69) is 47.4 Å². The number of methoxy groups -OCH3 is 1. The third-order valence-corrected chi connectivity index (χ3v) is 4.58. The highest BCUT2D eigenvalue weighted by Gasteiger charge is 2.21. The lowest BCUT2D eigenvalue weighted by Gasteiger charge is -2.36. The van der Waals surface area contributed by atoms with Gasteiger partial charge in [0.1, 0.15) is 5.75 Å². The maximum Gasteiger partial charge on any atom is 0.128 e. The molecule has 1 aliphatic rings. The van der Waals surface area contributed by atoms with Gasteiger partial charge in [-0.3, -0.25) is 4.68 Å². The van der Waals surface area contributed by atoms with Gasteiger partial charge in [-0.2, -0.15) is 5.10 Å². The zero-order valence-corrected chi connectivity index (χ0v) is 15.1. The molecule has 2 aromatic rings. The van der Waals surface area contributed by atoms with E-state index in [-0.39, 0.29) is 0 Å². The molecule has 0 amide bonds. The SMILES string of the molecule is COc1cc(N2CCNC(CC(C)C)C2)ccc1-c1cnn(C)c1. The van der Waals surface area contributed by atoms with Gasteiger partial charge < -0.3 is 15.0 Å². The van der Waals surface area contributed by atoms with Crippen molar-refractivity contribution in [3.8, 4) is 16.9 Å². The molecule has 24 heavy (non-hydrogen) atoms. The molecule has 1 N–H and O–H groups in total. The Balaban J connectivity index is 1.81. The fraction of sp³-hybridized carbons (Fsp3) is 0.526. The normalized spacial score (nSPS) is 18.2. The molecule has 3 rings (SSSR count). The van der Waals surface area contributed by atoms with Crippen LogP contribution in [0, 0.1) is 5.92 Å². The minimum atomic E-state index is 0.558. The molecule has 1 aromatic carbocycles. The van der Waals surface area contributed by atoms with Gasteiger partial charge in [-0.05, 0) is 24.5 Å². The van der Waals surface area contributed by atoms with Gasteiger partial charge >= 0.3 is 0 Å². The van der Waals surface area contributed by atoms with Crippen LogP contribution in [0.2, 0.25) is 0 Å². The van der Waals surface area contributed by atoms with E-state index in [1.165, 1.54) is 12.1 Å². The summed E-state index contributed by atoms with van der Waals surface area (Å²) in [5.41, 5.74) is 3.40. The Bertz CT molecular complexity index is 680. The van der Waals surface area contributed by atoms with Crippen LogP contribution in [0.15, 0.2) is 30.6 Å². The van der Waals surface area contributed by atoms with Gasteiger partial charge in [0, 0.05) is 61.8 Å². The Morgan fingerprint density at radius 2 is 2.21 bits per heavy atom. The third-order valence-electron chi connectivity index (χ3n) is 4.58. The molecule has 1 atom stereocenters. The summed E-state index contributed by atoms with van der Waals surface area (Å²) in [4.78, 5) is 2.46. The molecule has 1 fully saturated rings. The molecule has 1 unspecified atom stereocenters. The third kappa shape index (κ3) is 3.73. The highest BCUT2D eigenvalue weighted by atomic mass is 16.5. The van der Waals surface area contributed by atoms with Crippen LogP contribution in [0.5, 0.6) is 5.75 Å². The van der Waals surface area contributed by atoms with Crippen molar-refractivity contribution in [3.05, 3.63) is 30.6 Å². The van der Waals surface area contributed by atoms with Crippen LogP contribution >= 0.6 is 0 Å². The summed E-state index contributed by atoms with van der Waals surface area (Å²) < 4.78 is 7.47. The van der Waals surface area contributed by atoms with Gasteiger partial charge in [-0.25, -0.2) is 0 Å². The predicted molar refractivity (Wildman–Crippen MR) is 98.7 cm³/mol. The molecule has 0 aliphatic carbocycles. The first kappa shape index (κ1) is 16.8. The van der Waals surface area contributed by atoms with Crippen molar-refractivity contribution >= 4 is 5.69 Å². The second kappa shape index (κ2) is 7.26. The average Bonchev–Trinajstić information content (AvgIpc) is 3.00. The van der Waals surface area contributed by atoms with E-state index >= 15 is 0 Å². The van der Waals surface area contributed by atoms with E-state index in [1.807, 2.05) is 24.1 Å². The summed E-state index contributed by atoms with van der Waals surface area (Å²) in [6, 6.07) is 7.05. The number of nitrogens with one attached hydrogen (secondary N) is 1. The van der Waals surface area contributed by atoms with E-state index in [1.54, 1.807) is 7.11 Å². The van der Waals surface area contributed by atoms with Crippen LogP contribution < -0.4 is 15.0 Å². The van der Waals surface area contributed by atoms with E-state index in [9.17, 15) is 0 Å². The van der Waals surface area contributed by atoms with Crippen LogP contribution in [0.3, 0.4) is 0 Å². The number of benzene rings is 1. The first-order valence-electron chi connectivity index (χ1n) is 8.72. The fourth-order valence-corrected chi connectivity index (χ4v) is 3.46. The maximum absolute atomic E-state index is 5.65. The highest BCUT2D eigenvalue weighted by Crippen LogP contribution is 2.33. The number of ether oxygens (including phenoxy) is 1. The van der Waals surface area contributed by atoms with Crippen molar-refractivity contribution in [3.63, 3.8) is 0 Å². The summed E-state index contributed by atoms with van der Waals surface area (Å²) in [6.07, 6.45) is 5.10. The van der Waals surface area contributed by atoms with Crippen LogP contribution in [0.4, 0.5) is 5.69 Å². The van der Waals surface area contributed by atoms with Gasteiger partial charge in [-0.15, -0.1) is 0 Å². The smallest absolute Gasteiger partial charge is 0.128 e. The minimum absolute atomic E-state index is 0.558. The Morgan fingerprint density at radius 3 is 2.88 bits per heavy atom. The van der Waals surface area contributed by atoms with E-state index in [0.717, 1.165) is 36.5 Å².